The summed E-state index contributed by atoms with van der Waals surface area (Å²) < 4.78 is 0.763. The SMILES string of the molecule is Cc1ccc(C2=[N+]([O-])C3(CCCCC3=O)N(O)C2(C)C)cc1. The minimum absolute atomic E-state index is 0.188. The lowest BCUT2D eigenvalue weighted by molar-refractivity contribution is -0.573. The predicted molar refractivity (Wildman–Crippen MR) is 82.8 cm³/mol. The Balaban J connectivity index is 2.20. The molecule has 1 fully saturated rings. The molecule has 1 aliphatic carbocycles. The minimum atomic E-state index is -1.46. The number of Topliss-reactive ketones (excluding diaryl/α,β-unsaturated/α-hetero) is 1. The summed E-state index contributed by atoms with van der Waals surface area (Å²) in [6.07, 6.45) is 2.25. The Morgan fingerprint density at radius 3 is 2.45 bits per heavy atom. The molecule has 22 heavy (non-hydrogen) atoms. The highest BCUT2D eigenvalue weighted by Gasteiger charge is 2.66. The average Bonchev–Trinajstić information content (AvgIpc) is 2.62. The predicted octanol–water partition coefficient (Wildman–Crippen LogP) is 2.62. The van der Waals surface area contributed by atoms with Crippen LogP contribution in [0.3, 0.4) is 0 Å². The minimum Gasteiger partial charge on any atom is -0.622 e. The average molecular weight is 302 g/mol. The first kappa shape index (κ1) is 15.2. The van der Waals surface area contributed by atoms with Crippen LogP contribution in [0.25, 0.3) is 0 Å². The van der Waals surface area contributed by atoms with Gasteiger partial charge in [-0.2, -0.15) is 4.74 Å². The van der Waals surface area contributed by atoms with E-state index in [0.29, 0.717) is 18.6 Å². The van der Waals surface area contributed by atoms with E-state index < -0.39 is 11.2 Å². The molecule has 1 N–H and O–H groups in total. The van der Waals surface area contributed by atoms with Crippen molar-refractivity contribution in [3.8, 4) is 0 Å². The van der Waals surface area contributed by atoms with E-state index in [1.165, 1.54) is 0 Å². The second-order valence-corrected chi connectivity index (χ2v) is 6.83. The van der Waals surface area contributed by atoms with E-state index in [-0.39, 0.29) is 5.78 Å². The van der Waals surface area contributed by atoms with Gasteiger partial charge in [0.2, 0.25) is 11.5 Å². The van der Waals surface area contributed by atoms with Gasteiger partial charge in [0.25, 0.3) is 0 Å². The molecule has 5 heteroatoms. The summed E-state index contributed by atoms with van der Waals surface area (Å²) in [7, 11) is 0. The maximum absolute atomic E-state index is 13.1. The number of carbonyl (C=O) groups excluding carboxylic acids is 1. The van der Waals surface area contributed by atoms with Gasteiger partial charge in [0.05, 0.1) is 0 Å². The van der Waals surface area contributed by atoms with Gasteiger partial charge in [0, 0.05) is 18.4 Å². The van der Waals surface area contributed by atoms with Crippen molar-refractivity contribution in [3.05, 3.63) is 40.6 Å². The van der Waals surface area contributed by atoms with E-state index in [0.717, 1.165) is 33.8 Å². The second-order valence-electron chi connectivity index (χ2n) is 6.83. The summed E-state index contributed by atoms with van der Waals surface area (Å²) >= 11 is 0. The van der Waals surface area contributed by atoms with Crippen LogP contribution >= 0.6 is 0 Å². The maximum Gasteiger partial charge on any atom is 0.310 e. The van der Waals surface area contributed by atoms with Crippen molar-refractivity contribution in [2.75, 3.05) is 0 Å². The van der Waals surface area contributed by atoms with E-state index in [1.807, 2.05) is 31.2 Å². The second kappa shape index (κ2) is 4.89. The van der Waals surface area contributed by atoms with E-state index in [2.05, 4.69) is 0 Å². The molecule has 1 aromatic rings. The standard InChI is InChI=1S/C17H22N2O3/c1-12-7-9-13(10-8-12)15-16(2,3)19(22)17(18(15)21)11-5-4-6-14(17)20/h7-10,22H,4-6,11H2,1-3H3. The highest BCUT2D eigenvalue weighted by molar-refractivity contribution is 6.06. The maximum atomic E-state index is 13.1. The molecule has 1 unspecified atom stereocenters. The van der Waals surface area contributed by atoms with Crippen molar-refractivity contribution in [2.45, 2.75) is 57.7 Å². The van der Waals surface area contributed by atoms with Crippen LogP contribution in [-0.2, 0) is 4.79 Å². The number of aryl methyl sites for hydroxylation is 1. The van der Waals surface area contributed by atoms with Crippen molar-refractivity contribution >= 4 is 11.5 Å². The van der Waals surface area contributed by atoms with Gasteiger partial charge >= 0.3 is 5.66 Å². The smallest absolute Gasteiger partial charge is 0.310 e. The molecular formula is C17H22N2O3. The van der Waals surface area contributed by atoms with Crippen LogP contribution in [0.15, 0.2) is 24.3 Å². The summed E-state index contributed by atoms with van der Waals surface area (Å²) in [6, 6.07) is 7.61. The number of carbonyl (C=O) groups is 1. The molecule has 1 heterocycles. The zero-order chi connectivity index (χ0) is 16.1. The molecule has 0 amide bonds. The first-order chi connectivity index (χ1) is 10.3. The molecule has 1 aliphatic heterocycles. The van der Waals surface area contributed by atoms with E-state index in [1.54, 1.807) is 13.8 Å². The number of hydroxylamine groups is 3. The molecule has 2 aliphatic rings. The normalized spacial score (nSPS) is 28.6. The highest BCUT2D eigenvalue weighted by atomic mass is 16.6. The topological polar surface area (TPSA) is 66.6 Å². The van der Waals surface area contributed by atoms with Gasteiger partial charge in [-0.1, -0.05) is 17.7 Å². The first-order valence-corrected chi connectivity index (χ1v) is 7.76. The van der Waals surface area contributed by atoms with Gasteiger partial charge in [-0.15, -0.1) is 5.06 Å². The monoisotopic (exact) mass is 302 g/mol. The van der Waals surface area contributed by atoms with Crippen molar-refractivity contribution in [1.29, 1.82) is 0 Å². The number of hydrogen-bond donors (Lipinski definition) is 1. The molecule has 0 bridgehead atoms. The van der Waals surface area contributed by atoms with Crippen LogP contribution in [0.4, 0.5) is 0 Å². The fourth-order valence-corrected chi connectivity index (χ4v) is 3.70. The number of hydrogen-bond acceptors (Lipinski definition) is 4. The summed E-state index contributed by atoms with van der Waals surface area (Å²) in [5.74, 6) is -0.188. The molecule has 0 radical (unpaired) electrons. The number of benzene rings is 1. The van der Waals surface area contributed by atoms with E-state index >= 15 is 0 Å². The van der Waals surface area contributed by atoms with Gasteiger partial charge in [-0.25, -0.2) is 0 Å². The van der Waals surface area contributed by atoms with Crippen molar-refractivity contribution in [3.63, 3.8) is 0 Å². The van der Waals surface area contributed by atoms with Gasteiger partial charge in [-0.3, -0.25) is 4.79 Å². The Bertz CT molecular complexity index is 648. The van der Waals surface area contributed by atoms with Gasteiger partial charge in [0.15, 0.2) is 0 Å². The molecule has 1 atom stereocenters. The van der Waals surface area contributed by atoms with Crippen LogP contribution in [0.1, 0.15) is 50.7 Å². The molecule has 1 aromatic carbocycles. The Hall–Kier alpha value is -1.72. The molecular weight excluding hydrogens is 280 g/mol. The summed E-state index contributed by atoms with van der Waals surface area (Å²) in [5.41, 5.74) is -0.0709. The lowest BCUT2D eigenvalue weighted by atomic mass is 9.86. The molecule has 118 valence electrons. The van der Waals surface area contributed by atoms with Gasteiger partial charge in [0.1, 0.15) is 5.54 Å². The lowest BCUT2D eigenvalue weighted by Gasteiger charge is -2.36. The first-order valence-electron chi connectivity index (χ1n) is 7.76. The number of ketones is 1. The summed E-state index contributed by atoms with van der Waals surface area (Å²) in [5, 5.41) is 24.8. The van der Waals surface area contributed by atoms with E-state index in [9.17, 15) is 15.2 Å². The Labute approximate surface area is 130 Å². The van der Waals surface area contributed by atoms with Crippen molar-refractivity contribution < 1.29 is 14.7 Å². The molecule has 1 saturated carbocycles. The quantitative estimate of drug-likeness (QED) is 0.639. The third kappa shape index (κ3) is 1.85. The van der Waals surface area contributed by atoms with Crippen molar-refractivity contribution in [2.24, 2.45) is 0 Å². The lowest BCUT2D eigenvalue weighted by Crippen LogP contribution is -2.60. The Morgan fingerprint density at radius 2 is 1.86 bits per heavy atom. The fraction of sp³-hybridized carbons (Fsp3) is 0.529. The van der Waals surface area contributed by atoms with Crippen LogP contribution < -0.4 is 0 Å². The number of rotatable bonds is 1. The third-order valence-corrected chi connectivity index (χ3v) is 4.95. The highest BCUT2D eigenvalue weighted by Crippen LogP contribution is 2.41. The molecule has 0 aromatic heterocycles. The van der Waals surface area contributed by atoms with Crippen molar-refractivity contribution in [1.82, 2.24) is 5.06 Å². The zero-order valence-corrected chi connectivity index (χ0v) is 13.3. The Morgan fingerprint density at radius 1 is 1.23 bits per heavy atom. The number of nitrogens with zero attached hydrogens (tertiary/aromatic N) is 2. The van der Waals surface area contributed by atoms with Crippen LogP contribution in [-0.4, -0.2) is 37.7 Å². The van der Waals surface area contributed by atoms with E-state index in [4.69, 9.17) is 0 Å². The molecule has 3 rings (SSSR count). The van der Waals surface area contributed by atoms with Crippen LogP contribution in [0.5, 0.6) is 0 Å². The van der Waals surface area contributed by atoms with Gasteiger partial charge in [-0.05, 0) is 45.7 Å². The third-order valence-electron chi connectivity index (χ3n) is 4.95. The van der Waals surface area contributed by atoms with Crippen LogP contribution in [0, 0.1) is 12.1 Å². The zero-order valence-electron chi connectivity index (χ0n) is 13.3. The fourth-order valence-electron chi connectivity index (χ4n) is 3.70. The molecule has 0 saturated heterocycles. The molecule has 5 nitrogen and oxygen atoms in total. The summed E-state index contributed by atoms with van der Waals surface area (Å²) in [4.78, 5) is 12.5. The van der Waals surface area contributed by atoms with Crippen LogP contribution in [0.2, 0.25) is 0 Å². The van der Waals surface area contributed by atoms with Gasteiger partial charge < -0.3 is 10.4 Å². The largest absolute Gasteiger partial charge is 0.622 e. The summed E-state index contributed by atoms with van der Waals surface area (Å²) in [6.45, 7) is 5.54. The molecule has 1 spiro atoms. The Kier molecular flexibility index (Phi) is 3.38.